The van der Waals surface area contributed by atoms with Crippen LogP contribution in [-0.4, -0.2) is 50.5 Å². The van der Waals surface area contributed by atoms with Crippen LogP contribution in [0.2, 0.25) is 0 Å². The molecule has 0 aliphatic heterocycles. The van der Waals surface area contributed by atoms with Gasteiger partial charge in [0.15, 0.2) is 0 Å². The summed E-state index contributed by atoms with van der Waals surface area (Å²) in [5.41, 5.74) is 2.60. The van der Waals surface area contributed by atoms with Crippen molar-refractivity contribution < 1.29 is 22.4 Å². The van der Waals surface area contributed by atoms with E-state index in [9.17, 15) is 22.4 Å². The molecule has 1 atom stereocenters. The van der Waals surface area contributed by atoms with Crippen LogP contribution < -0.4 is 9.62 Å². The van der Waals surface area contributed by atoms with Gasteiger partial charge in [-0.25, -0.2) is 12.8 Å². The molecule has 0 saturated carbocycles. The van der Waals surface area contributed by atoms with Gasteiger partial charge in [0.25, 0.3) is 0 Å². The van der Waals surface area contributed by atoms with Gasteiger partial charge in [0.2, 0.25) is 21.8 Å². The third kappa shape index (κ3) is 7.28. The van der Waals surface area contributed by atoms with E-state index in [0.717, 1.165) is 22.5 Å². The minimum absolute atomic E-state index is 0.0320. The summed E-state index contributed by atoms with van der Waals surface area (Å²) in [4.78, 5) is 27.4. The van der Waals surface area contributed by atoms with E-state index in [0.29, 0.717) is 23.4 Å². The van der Waals surface area contributed by atoms with Crippen molar-refractivity contribution in [3.05, 3.63) is 65.0 Å². The summed E-state index contributed by atoms with van der Waals surface area (Å²) < 4.78 is 39.7. The van der Waals surface area contributed by atoms with Crippen LogP contribution in [0.5, 0.6) is 0 Å². The lowest BCUT2D eigenvalue weighted by Crippen LogP contribution is -2.51. The average molecular weight is 478 g/mol. The minimum atomic E-state index is -3.79. The SMILES string of the molecule is CCCNC(=O)[C@H](C)N(Cc1ccc(F)cc1)C(=O)CN(c1cc(C)ccc1C)S(C)(=O)=O. The lowest BCUT2D eigenvalue weighted by molar-refractivity contribution is -0.139. The third-order valence-electron chi connectivity index (χ3n) is 5.30. The lowest BCUT2D eigenvalue weighted by atomic mass is 10.1. The van der Waals surface area contributed by atoms with Crippen molar-refractivity contribution in [1.82, 2.24) is 10.2 Å². The zero-order chi connectivity index (χ0) is 24.8. The van der Waals surface area contributed by atoms with Crippen molar-refractivity contribution in [2.75, 3.05) is 23.7 Å². The predicted molar refractivity (Wildman–Crippen MR) is 128 cm³/mol. The fraction of sp³-hybridized carbons (Fsp3) is 0.417. The van der Waals surface area contributed by atoms with Gasteiger partial charge in [-0.2, -0.15) is 0 Å². The van der Waals surface area contributed by atoms with E-state index >= 15 is 0 Å². The van der Waals surface area contributed by atoms with Crippen LogP contribution in [0.1, 0.15) is 37.0 Å². The summed E-state index contributed by atoms with van der Waals surface area (Å²) in [7, 11) is -3.79. The van der Waals surface area contributed by atoms with Crippen LogP contribution in [0.15, 0.2) is 42.5 Å². The summed E-state index contributed by atoms with van der Waals surface area (Å²) in [6, 6.07) is 10.1. The minimum Gasteiger partial charge on any atom is -0.354 e. The highest BCUT2D eigenvalue weighted by Gasteiger charge is 2.30. The Balaban J connectivity index is 2.40. The van der Waals surface area contributed by atoms with Gasteiger partial charge in [-0.1, -0.05) is 31.2 Å². The Morgan fingerprint density at radius 1 is 1.09 bits per heavy atom. The Kier molecular flexibility index (Phi) is 8.99. The van der Waals surface area contributed by atoms with Crippen molar-refractivity contribution in [1.29, 1.82) is 0 Å². The molecule has 0 spiro atoms. The van der Waals surface area contributed by atoms with Gasteiger partial charge in [-0.3, -0.25) is 13.9 Å². The molecule has 0 aliphatic rings. The number of amides is 2. The molecule has 7 nitrogen and oxygen atoms in total. The van der Waals surface area contributed by atoms with Gasteiger partial charge < -0.3 is 10.2 Å². The first-order valence-corrected chi connectivity index (χ1v) is 12.7. The topological polar surface area (TPSA) is 86.8 Å². The number of nitrogens with zero attached hydrogens (tertiary/aromatic N) is 2. The Hall–Kier alpha value is -2.94. The lowest BCUT2D eigenvalue weighted by Gasteiger charge is -2.32. The van der Waals surface area contributed by atoms with Gasteiger partial charge in [0.1, 0.15) is 18.4 Å². The number of hydrogen-bond donors (Lipinski definition) is 1. The quantitative estimate of drug-likeness (QED) is 0.570. The summed E-state index contributed by atoms with van der Waals surface area (Å²) in [5, 5.41) is 2.77. The van der Waals surface area contributed by atoms with Crippen molar-refractivity contribution in [3.8, 4) is 0 Å². The molecule has 180 valence electrons. The summed E-state index contributed by atoms with van der Waals surface area (Å²) >= 11 is 0. The van der Waals surface area contributed by atoms with E-state index in [-0.39, 0.29) is 12.5 Å². The molecular formula is C24H32FN3O4S. The first-order valence-electron chi connectivity index (χ1n) is 10.8. The van der Waals surface area contributed by atoms with Crippen LogP contribution in [0.4, 0.5) is 10.1 Å². The van der Waals surface area contributed by atoms with Gasteiger partial charge in [0.05, 0.1) is 11.9 Å². The average Bonchev–Trinajstić information content (AvgIpc) is 2.75. The van der Waals surface area contributed by atoms with Crippen LogP contribution in [0.3, 0.4) is 0 Å². The smallest absolute Gasteiger partial charge is 0.244 e. The van der Waals surface area contributed by atoms with Crippen LogP contribution in [0.25, 0.3) is 0 Å². The maximum atomic E-state index is 13.4. The number of carbonyl (C=O) groups is 2. The zero-order valence-corrected chi connectivity index (χ0v) is 20.6. The van der Waals surface area contributed by atoms with E-state index in [4.69, 9.17) is 0 Å². The number of aryl methyl sites for hydroxylation is 2. The molecule has 0 aliphatic carbocycles. The number of nitrogens with one attached hydrogen (secondary N) is 1. The number of hydrogen-bond acceptors (Lipinski definition) is 4. The molecule has 2 amide bonds. The molecule has 0 bridgehead atoms. The largest absolute Gasteiger partial charge is 0.354 e. The molecule has 0 heterocycles. The third-order valence-corrected chi connectivity index (χ3v) is 6.42. The van der Waals surface area contributed by atoms with Crippen molar-refractivity contribution in [2.24, 2.45) is 0 Å². The van der Waals surface area contributed by atoms with Gasteiger partial charge in [-0.15, -0.1) is 0 Å². The van der Waals surface area contributed by atoms with Crippen LogP contribution in [-0.2, 0) is 26.2 Å². The Morgan fingerprint density at radius 3 is 2.30 bits per heavy atom. The highest BCUT2D eigenvalue weighted by molar-refractivity contribution is 7.92. The van der Waals surface area contributed by atoms with Gasteiger partial charge in [-0.05, 0) is 62.1 Å². The second-order valence-corrected chi connectivity index (χ2v) is 10.1. The van der Waals surface area contributed by atoms with Gasteiger partial charge in [0, 0.05) is 13.1 Å². The Morgan fingerprint density at radius 2 is 1.73 bits per heavy atom. The summed E-state index contributed by atoms with van der Waals surface area (Å²) in [6.45, 7) is 7.15. The highest BCUT2D eigenvalue weighted by Crippen LogP contribution is 2.24. The molecule has 33 heavy (non-hydrogen) atoms. The second-order valence-electron chi connectivity index (χ2n) is 8.17. The van der Waals surface area contributed by atoms with Crippen molar-refractivity contribution in [2.45, 2.75) is 46.7 Å². The fourth-order valence-electron chi connectivity index (χ4n) is 3.35. The number of anilines is 1. The predicted octanol–water partition coefficient (Wildman–Crippen LogP) is 3.15. The molecule has 0 fully saturated rings. The molecule has 0 aromatic heterocycles. The maximum absolute atomic E-state index is 13.4. The second kappa shape index (κ2) is 11.3. The Labute approximate surface area is 195 Å². The molecule has 0 unspecified atom stereocenters. The number of sulfonamides is 1. The first-order chi connectivity index (χ1) is 15.4. The molecule has 9 heteroatoms. The fourth-order valence-corrected chi connectivity index (χ4v) is 4.25. The number of halogens is 1. The first kappa shape index (κ1) is 26.3. The summed E-state index contributed by atoms with van der Waals surface area (Å²) in [5.74, 6) is -1.29. The molecular weight excluding hydrogens is 445 g/mol. The van der Waals surface area contributed by atoms with E-state index in [1.54, 1.807) is 26.0 Å². The van der Waals surface area contributed by atoms with Crippen molar-refractivity contribution >= 4 is 27.5 Å². The molecule has 2 aromatic carbocycles. The standard InChI is InChI=1S/C24H32FN3O4S/c1-6-13-26-24(30)19(4)27(15-20-9-11-21(25)12-10-20)23(29)16-28(33(5,31)32)22-14-17(2)7-8-18(22)3/h7-12,14,19H,6,13,15-16H2,1-5H3,(H,26,30)/t19-/m0/s1. The number of rotatable bonds is 10. The molecule has 2 aromatic rings. The van der Waals surface area contributed by atoms with Crippen LogP contribution >= 0.6 is 0 Å². The normalized spacial score (nSPS) is 12.2. The highest BCUT2D eigenvalue weighted by atomic mass is 32.2. The number of benzene rings is 2. The van der Waals surface area contributed by atoms with E-state index in [2.05, 4.69) is 5.32 Å². The molecule has 2 rings (SSSR count). The Bertz CT molecular complexity index is 1090. The van der Waals surface area contributed by atoms with E-state index in [1.165, 1.54) is 29.2 Å². The van der Waals surface area contributed by atoms with E-state index < -0.39 is 34.3 Å². The van der Waals surface area contributed by atoms with Crippen LogP contribution in [0, 0.1) is 19.7 Å². The zero-order valence-electron chi connectivity index (χ0n) is 19.8. The monoisotopic (exact) mass is 477 g/mol. The van der Waals surface area contributed by atoms with Gasteiger partial charge >= 0.3 is 0 Å². The molecule has 1 N–H and O–H groups in total. The van der Waals surface area contributed by atoms with E-state index in [1.807, 2.05) is 19.9 Å². The van der Waals surface area contributed by atoms with Crippen molar-refractivity contribution in [3.63, 3.8) is 0 Å². The number of carbonyl (C=O) groups excluding carboxylic acids is 2. The molecule has 0 saturated heterocycles. The molecule has 0 radical (unpaired) electrons. The maximum Gasteiger partial charge on any atom is 0.244 e. The summed E-state index contributed by atoms with van der Waals surface area (Å²) in [6.07, 6.45) is 1.78.